The van der Waals surface area contributed by atoms with Gasteiger partial charge in [-0.05, 0) is 35.9 Å². The number of nitrogens with one attached hydrogen (secondary N) is 1. The maximum absolute atomic E-state index is 10.9. The number of nitrogens with two attached hydrogens (primary N) is 1. The van der Waals surface area contributed by atoms with Crippen LogP contribution in [0, 0.1) is 0 Å². The highest BCUT2D eigenvalue weighted by molar-refractivity contribution is 6.01. The first kappa shape index (κ1) is 16.7. The molecule has 5 heteroatoms. The van der Waals surface area contributed by atoms with Gasteiger partial charge >= 0.3 is 0 Å². The third-order valence-corrected chi connectivity index (χ3v) is 4.52. The Hall–Kier alpha value is -3.73. The van der Waals surface area contributed by atoms with Crippen molar-refractivity contribution >= 4 is 16.7 Å². The molecule has 0 atom stereocenters. The molecule has 27 heavy (non-hydrogen) atoms. The maximum Gasteiger partial charge on any atom is 0.170 e. The summed E-state index contributed by atoms with van der Waals surface area (Å²) in [6.07, 6.45) is 0. The zero-order valence-corrected chi connectivity index (χ0v) is 14.8. The summed E-state index contributed by atoms with van der Waals surface area (Å²) in [6.45, 7) is 0. The van der Waals surface area contributed by atoms with Crippen LogP contribution in [-0.2, 0) is 4.84 Å². The quantitative estimate of drug-likeness (QED) is 0.286. The number of phenolic OH excluding ortho intramolecular Hbond substituents is 1. The van der Waals surface area contributed by atoms with Crippen LogP contribution in [0.3, 0.4) is 0 Å². The van der Waals surface area contributed by atoms with Gasteiger partial charge in [0.15, 0.2) is 5.84 Å². The fourth-order valence-electron chi connectivity index (χ4n) is 3.20. The molecule has 0 saturated heterocycles. The Morgan fingerprint density at radius 3 is 2.52 bits per heavy atom. The van der Waals surface area contributed by atoms with Gasteiger partial charge in [0.25, 0.3) is 0 Å². The number of benzene rings is 3. The van der Waals surface area contributed by atoms with Gasteiger partial charge in [0.2, 0.25) is 0 Å². The number of aromatic amines is 1. The van der Waals surface area contributed by atoms with Crippen LogP contribution in [-0.4, -0.2) is 23.0 Å². The fourth-order valence-corrected chi connectivity index (χ4v) is 3.20. The molecule has 0 unspecified atom stereocenters. The lowest BCUT2D eigenvalue weighted by Crippen LogP contribution is -2.13. The van der Waals surface area contributed by atoms with Gasteiger partial charge in [0.05, 0.1) is 5.69 Å². The third kappa shape index (κ3) is 3.11. The van der Waals surface area contributed by atoms with E-state index in [1.54, 1.807) is 0 Å². The number of hydrogen-bond donors (Lipinski definition) is 3. The Kier molecular flexibility index (Phi) is 4.26. The minimum atomic E-state index is 0.246. The molecule has 134 valence electrons. The second kappa shape index (κ2) is 6.88. The number of aromatic hydroxyl groups is 1. The van der Waals surface area contributed by atoms with E-state index in [0.29, 0.717) is 5.84 Å². The Morgan fingerprint density at radius 1 is 0.963 bits per heavy atom. The Balaban J connectivity index is 1.80. The summed E-state index contributed by atoms with van der Waals surface area (Å²) in [5.74, 6) is 0.562. The number of phenols is 1. The minimum absolute atomic E-state index is 0.246. The molecular weight excluding hydrogens is 338 g/mol. The Morgan fingerprint density at radius 2 is 1.74 bits per heavy atom. The van der Waals surface area contributed by atoms with E-state index in [9.17, 15) is 5.11 Å². The zero-order valence-electron chi connectivity index (χ0n) is 14.8. The Bertz CT molecular complexity index is 1130. The van der Waals surface area contributed by atoms with E-state index in [0.717, 1.165) is 38.9 Å². The normalized spacial score (nSPS) is 11.7. The van der Waals surface area contributed by atoms with Crippen molar-refractivity contribution in [2.75, 3.05) is 7.11 Å². The second-order valence-electron chi connectivity index (χ2n) is 6.21. The predicted molar refractivity (Wildman–Crippen MR) is 109 cm³/mol. The van der Waals surface area contributed by atoms with Crippen LogP contribution in [0.4, 0.5) is 0 Å². The van der Waals surface area contributed by atoms with Crippen molar-refractivity contribution in [3.05, 3.63) is 78.4 Å². The van der Waals surface area contributed by atoms with Gasteiger partial charge in [-0.15, -0.1) is 0 Å². The van der Waals surface area contributed by atoms with Crippen molar-refractivity contribution in [3.8, 4) is 28.1 Å². The van der Waals surface area contributed by atoms with E-state index in [-0.39, 0.29) is 5.75 Å². The summed E-state index contributed by atoms with van der Waals surface area (Å²) in [5, 5.41) is 15.6. The Labute approximate surface area is 156 Å². The number of nitrogens with zero attached hydrogens (tertiary/aromatic N) is 1. The molecule has 4 N–H and O–H groups in total. The van der Waals surface area contributed by atoms with Gasteiger partial charge in [0, 0.05) is 27.6 Å². The van der Waals surface area contributed by atoms with Crippen LogP contribution in [0.5, 0.6) is 5.75 Å². The third-order valence-electron chi connectivity index (χ3n) is 4.52. The molecule has 0 spiro atoms. The molecule has 0 amide bonds. The van der Waals surface area contributed by atoms with E-state index in [1.165, 1.54) is 7.11 Å². The first-order valence-corrected chi connectivity index (χ1v) is 8.55. The highest BCUT2D eigenvalue weighted by Gasteiger charge is 2.13. The summed E-state index contributed by atoms with van der Waals surface area (Å²) < 4.78 is 0. The zero-order chi connectivity index (χ0) is 18.8. The first-order chi connectivity index (χ1) is 13.2. The van der Waals surface area contributed by atoms with Crippen LogP contribution in [0.1, 0.15) is 5.56 Å². The molecule has 0 bridgehead atoms. The van der Waals surface area contributed by atoms with Crippen LogP contribution in [0.15, 0.2) is 78.0 Å². The monoisotopic (exact) mass is 357 g/mol. The number of fused-ring (bicyclic) bond motifs is 1. The standard InChI is InChI=1S/C22H19N3O2/c1-27-25-22(23)15-10-11-19-16(12-15)13-20(24-19)18-9-5-8-17(21(18)26)14-6-3-2-4-7-14/h2-13,24,26H,1H3,(H2,23,25). The molecule has 0 aliphatic heterocycles. The second-order valence-corrected chi connectivity index (χ2v) is 6.21. The largest absolute Gasteiger partial charge is 0.507 e. The van der Waals surface area contributed by atoms with E-state index >= 15 is 0 Å². The molecule has 5 nitrogen and oxygen atoms in total. The van der Waals surface area contributed by atoms with Gasteiger partial charge in [-0.25, -0.2) is 0 Å². The summed E-state index contributed by atoms with van der Waals surface area (Å²) in [5.41, 5.74) is 11.0. The average molecular weight is 357 g/mol. The molecule has 1 aromatic heterocycles. The lowest BCUT2D eigenvalue weighted by atomic mass is 10.00. The highest BCUT2D eigenvalue weighted by atomic mass is 16.6. The van der Waals surface area contributed by atoms with Gasteiger partial charge in [-0.2, -0.15) is 0 Å². The number of hydrogen-bond acceptors (Lipinski definition) is 3. The molecular formula is C22H19N3O2. The lowest BCUT2D eigenvalue weighted by molar-refractivity contribution is 0.213. The van der Waals surface area contributed by atoms with Crippen molar-refractivity contribution in [2.24, 2.45) is 10.9 Å². The number of aromatic nitrogens is 1. The minimum Gasteiger partial charge on any atom is -0.507 e. The van der Waals surface area contributed by atoms with E-state index in [4.69, 9.17) is 10.6 Å². The number of oxime groups is 1. The van der Waals surface area contributed by atoms with E-state index in [1.807, 2.05) is 72.8 Å². The molecule has 3 aromatic carbocycles. The fraction of sp³-hybridized carbons (Fsp3) is 0.0455. The van der Waals surface area contributed by atoms with Gasteiger partial charge in [0.1, 0.15) is 12.9 Å². The molecule has 4 aromatic rings. The molecule has 0 saturated carbocycles. The van der Waals surface area contributed by atoms with Crippen LogP contribution >= 0.6 is 0 Å². The lowest BCUT2D eigenvalue weighted by Gasteiger charge is -2.09. The summed E-state index contributed by atoms with van der Waals surface area (Å²) in [7, 11) is 1.46. The van der Waals surface area contributed by atoms with Gasteiger partial charge in [-0.3, -0.25) is 0 Å². The highest BCUT2D eigenvalue weighted by Crippen LogP contribution is 2.38. The molecule has 0 aliphatic rings. The number of amidine groups is 1. The molecule has 1 heterocycles. The smallest absolute Gasteiger partial charge is 0.170 e. The van der Waals surface area contributed by atoms with Crippen molar-refractivity contribution in [3.63, 3.8) is 0 Å². The summed E-state index contributed by atoms with van der Waals surface area (Å²) in [4.78, 5) is 8.10. The van der Waals surface area contributed by atoms with Crippen molar-refractivity contribution in [1.29, 1.82) is 0 Å². The summed E-state index contributed by atoms with van der Waals surface area (Å²) >= 11 is 0. The maximum atomic E-state index is 10.9. The van der Waals surface area contributed by atoms with Crippen molar-refractivity contribution < 1.29 is 9.94 Å². The van der Waals surface area contributed by atoms with Crippen LogP contribution in [0.2, 0.25) is 0 Å². The van der Waals surface area contributed by atoms with Crippen molar-refractivity contribution in [2.45, 2.75) is 0 Å². The topological polar surface area (TPSA) is 83.6 Å². The average Bonchev–Trinajstić information content (AvgIpc) is 3.12. The first-order valence-electron chi connectivity index (χ1n) is 8.55. The summed E-state index contributed by atoms with van der Waals surface area (Å²) in [6, 6.07) is 23.3. The predicted octanol–water partition coefficient (Wildman–Crippen LogP) is 4.47. The number of H-pyrrole nitrogens is 1. The molecule has 0 aliphatic carbocycles. The van der Waals surface area contributed by atoms with E-state index in [2.05, 4.69) is 10.1 Å². The van der Waals surface area contributed by atoms with Crippen LogP contribution in [0.25, 0.3) is 33.3 Å². The molecule has 0 fully saturated rings. The molecule has 0 radical (unpaired) electrons. The molecule has 4 rings (SSSR count). The van der Waals surface area contributed by atoms with Crippen molar-refractivity contribution in [1.82, 2.24) is 4.98 Å². The number of rotatable bonds is 4. The van der Waals surface area contributed by atoms with Gasteiger partial charge in [-0.1, -0.05) is 47.6 Å². The number of para-hydroxylation sites is 1. The van der Waals surface area contributed by atoms with Crippen LogP contribution < -0.4 is 5.73 Å². The van der Waals surface area contributed by atoms with Gasteiger partial charge < -0.3 is 20.7 Å². The van der Waals surface area contributed by atoms with E-state index < -0.39 is 0 Å². The SMILES string of the molecule is CO/N=C(\N)c1ccc2[nH]c(-c3cccc(-c4ccccc4)c3O)cc2c1.